The van der Waals surface area contributed by atoms with Crippen molar-refractivity contribution in [3.63, 3.8) is 0 Å². The zero-order valence-corrected chi connectivity index (χ0v) is 10.7. The average Bonchev–Trinajstić information content (AvgIpc) is 2.41. The molecule has 2 rings (SSSR count). The van der Waals surface area contributed by atoms with Crippen LogP contribution in [0.15, 0.2) is 53.6 Å². The molecule has 0 aliphatic carbocycles. The van der Waals surface area contributed by atoms with Crippen LogP contribution in [0.1, 0.15) is 11.1 Å². The number of phenolic OH excluding ortho intramolecular Hbond substituents is 2. The molecule has 0 bridgehead atoms. The van der Waals surface area contributed by atoms with Crippen molar-refractivity contribution in [1.82, 2.24) is 5.43 Å². The minimum absolute atomic E-state index is 0.128. The molecule has 0 aliphatic heterocycles. The summed E-state index contributed by atoms with van der Waals surface area (Å²) in [6.07, 6.45) is 1.63. The van der Waals surface area contributed by atoms with Crippen molar-refractivity contribution in [2.45, 2.75) is 6.42 Å². The monoisotopic (exact) mass is 270 g/mol. The molecule has 102 valence electrons. The van der Waals surface area contributed by atoms with Gasteiger partial charge in [0.25, 0.3) is 0 Å². The van der Waals surface area contributed by atoms with Crippen LogP contribution >= 0.6 is 0 Å². The van der Waals surface area contributed by atoms with Gasteiger partial charge in [-0.2, -0.15) is 5.10 Å². The molecule has 1 amide bonds. The number of carbonyl (C=O) groups is 1. The molecule has 0 fully saturated rings. The second-order valence-corrected chi connectivity index (χ2v) is 4.23. The fourth-order valence-electron chi connectivity index (χ4n) is 1.63. The minimum Gasteiger partial charge on any atom is -0.508 e. The third kappa shape index (κ3) is 4.13. The number of nitrogens with zero attached hydrogens (tertiary/aromatic N) is 1. The normalized spacial score (nSPS) is 10.6. The van der Waals surface area contributed by atoms with Crippen LogP contribution in [0.4, 0.5) is 0 Å². The van der Waals surface area contributed by atoms with E-state index in [1.807, 2.05) is 0 Å². The summed E-state index contributed by atoms with van der Waals surface area (Å²) in [7, 11) is 0. The van der Waals surface area contributed by atoms with E-state index in [9.17, 15) is 9.90 Å². The van der Waals surface area contributed by atoms with E-state index < -0.39 is 0 Å². The van der Waals surface area contributed by atoms with E-state index >= 15 is 0 Å². The quantitative estimate of drug-likeness (QED) is 0.585. The Bertz CT molecular complexity index is 621. The maximum Gasteiger partial charge on any atom is 0.244 e. The van der Waals surface area contributed by atoms with Crippen molar-refractivity contribution in [2.24, 2.45) is 5.10 Å². The fourth-order valence-corrected chi connectivity index (χ4v) is 1.63. The van der Waals surface area contributed by atoms with Gasteiger partial charge in [0, 0.05) is 0 Å². The number of carbonyl (C=O) groups excluding carboxylic acids is 1. The third-order valence-corrected chi connectivity index (χ3v) is 2.57. The molecule has 0 aliphatic rings. The van der Waals surface area contributed by atoms with Crippen molar-refractivity contribution in [1.29, 1.82) is 0 Å². The highest BCUT2D eigenvalue weighted by molar-refractivity contribution is 5.83. The highest BCUT2D eigenvalue weighted by Crippen LogP contribution is 2.11. The van der Waals surface area contributed by atoms with E-state index in [-0.39, 0.29) is 23.8 Å². The molecule has 0 saturated heterocycles. The maximum absolute atomic E-state index is 11.6. The molecule has 0 radical (unpaired) electrons. The van der Waals surface area contributed by atoms with Crippen molar-refractivity contribution >= 4 is 12.1 Å². The number of hydrazone groups is 1. The summed E-state index contributed by atoms with van der Waals surface area (Å²) >= 11 is 0. The van der Waals surface area contributed by atoms with Gasteiger partial charge >= 0.3 is 0 Å². The standard InChI is InChI=1S/C15H14N2O3/c18-13-6-4-11(5-7-13)10-16-17-15(20)9-12-2-1-3-14(19)8-12/h1-8,10,18-19H,9H2,(H,17,20)/b16-10+. The lowest BCUT2D eigenvalue weighted by Gasteiger charge is -2.01. The first-order chi connectivity index (χ1) is 9.63. The first-order valence-corrected chi connectivity index (χ1v) is 6.02. The van der Waals surface area contributed by atoms with Gasteiger partial charge in [-0.1, -0.05) is 12.1 Å². The van der Waals surface area contributed by atoms with Crippen LogP contribution in [0.5, 0.6) is 11.5 Å². The van der Waals surface area contributed by atoms with E-state index in [0.29, 0.717) is 5.56 Å². The van der Waals surface area contributed by atoms with Crippen LogP contribution < -0.4 is 5.43 Å². The highest BCUT2D eigenvalue weighted by atomic mass is 16.3. The van der Waals surface area contributed by atoms with E-state index in [1.54, 1.807) is 30.3 Å². The topological polar surface area (TPSA) is 81.9 Å². The Labute approximate surface area is 116 Å². The number of rotatable bonds is 4. The fraction of sp³-hybridized carbons (Fsp3) is 0.0667. The summed E-state index contributed by atoms with van der Waals surface area (Å²) in [5.74, 6) is 0.0311. The molecule has 0 spiro atoms. The van der Waals surface area contributed by atoms with Crippen molar-refractivity contribution < 1.29 is 15.0 Å². The van der Waals surface area contributed by atoms with Crippen molar-refractivity contribution in [2.75, 3.05) is 0 Å². The van der Waals surface area contributed by atoms with Gasteiger partial charge in [-0.25, -0.2) is 5.43 Å². The molecular formula is C15H14N2O3. The Kier molecular flexibility index (Phi) is 4.34. The largest absolute Gasteiger partial charge is 0.508 e. The van der Waals surface area contributed by atoms with Gasteiger partial charge in [-0.3, -0.25) is 4.79 Å². The molecule has 0 atom stereocenters. The SMILES string of the molecule is O=C(Cc1cccc(O)c1)N/N=C/c1ccc(O)cc1. The first kappa shape index (κ1) is 13.6. The van der Waals surface area contributed by atoms with Crippen LogP contribution in [-0.2, 0) is 11.2 Å². The summed E-state index contributed by atoms with van der Waals surface area (Å²) in [6.45, 7) is 0. The van der Waals surface area contributed by atoms with E-state index in [2.05, 4.69) is 10.5 Å². The minimum atomic E-state index is -0.273. The number of hydrogen-bond acceptors (Lipinski definition) is 4. The van der Waals surface area contributed by atoms with Crippen LogP contribution in [0.2, 0.25) is 0 Å². The zero-order valence-electron chi connectivity index (χ0n) is 10.7. The molecule has 0 heterocycles. The summed E-state index contributed by atoms with van der Waals surface area (Å²) < 4.78 is 0. The van der Waals surface area contributed by atoms with Gasteiger partial charge in [-0.15, -0.1) is 0 Å². The zero-order chi connectivity index (χ0) is 14.4. The number of phenols is 2. The Morgan fingerprint density at radius 2 is 1.85 bits per heavy atom. The summed E-state index contributed by atoms with van der Waals surface area (Å²) in [6, 6.07) is 12.9. The molecule has 5 heteroatoms. The molecule has 3 N–H and O–H groups in total. The van der Waals surface area contributed by atoms with Crippen LogP contribution in [0.3, 0.4) is 0 Å². The molecule has 0 unspecified atom stereocenters. The van der Waals surface area contributed by atoms with Gasteiger partial charge in [0.2, 0.25) is 5.91 Å². The molecular weight excluding hydrogens is 256 g/mol. The Hall–Kier alpha value is -2.82. The molecule has 0 saturated carbocycles. The summed E-state index contributed by atoms with van der Waals surface area (Å²) in [5.41, 5.74) is 3.87. The van der Waals surface area contributed by atoms with E-state index in [4.69, 9.17) is 5.11 Å². The number of benzene rings is 2. The number of hydrogen-bond donors (Lipinski definition) is 3. The lowest BCUT2D eigenvalue weighted by Crippen LogP contribution is -2.19. The average molecular weight is 270 g/mol. The molecule has 5 nitrogen and oxygen atoms in total. The second kappa shape index (κ2) is 6.38. The van der Waals surface area contributed by atoms with Crippen LogP contribution in [0.25, 0.3) is 0 Å². The molecule has 2 aromatic rings. The van der Waals surface area contributed by atoms with Gasteiger partial charge in [0.15, 0.2) is 0 Å². The van der Waals surface area contributed by atoms with Crippen molar-refractivity contribution in [3.8, 4) is 11.5 Å². The van der Waals surface area contributed by atoms with Gasteiger partial charge in [0.05, 0.1) is 12.6 Å². The Morgan fingerprint density at radius 3 is 2.55 bits per heavy atom. The second-order valence-electron chi connectivity index (χ2n) is 4.23. The maximum atomic E-state index is 11.6. The van der Waals surface area contributed by atoms with Crippen molar-refractivity contribution in [3.05, 3.63) is 59.7 Å². The van der Waals surface area contributed by atoms with Gasteiger partial charge < -0.3 is 10.2 Å². The smallest absolute Gasteiger partial charge is 0.244 e. The van der Waals surface area contributed by atoms with Crippen LogP contribution in [0, 0.1) is 0 Å². The predicted octanol–water partition coefficient (Wildman–Crippen LogP) is 1.79. The summed E-state index contributed by atoms with van der Waals surface area (Å²) in [5, 5.41) is 22.2. The van der Waals surface area contributed by atoms with Gasteiger partial charge in [-0.05, 0) is 47.5 Å². The highest BCUT2D eigenvalue weighted by Gasteiger charge is 2.02. The van der Waals surface area contributed by atoms with Crippen LogP contribution in [-0.4, -0.2) is 22.3 Å². The summed E-state index contributed by atoms with van der Waals surface area (Å²) in [4.78, 5) is 11.6. The number of nitrogens with one attached hydrogen (secondary N) is 1. The molecule has 0 aromatic heterocycles. The molecule has 20 heavy (non-hydrogen) atoms. The number of aromatic hydroxyl groups is 2. The Balaban J connectivity index is 1.87. The van der Waals surface area contributed by atoms with E-state index in [1.165, 1.54) is 24.4 Å². The van der Waals surface area contributed by atoms with Gasteiger partial charge in [0.1, 0.15) is 11.5 Å². The Morgan fingerprint density at radius 1 is 1.10 bits per heavy atom. The number of amides is 1. The third-order valence-electron chi connectivity index (χ3n) is 2.57. The lowest BCUT2D eigenvalue weighted by atomic mass is 10.1. The van der Waals surface area contributed by atoms with E-state index in [0.717, 1.165) is 5.56 Å². The lowest BCUT2D eigenvalue weighted by molar-refractivity contribution is -0.120. The predicted molar refractivity (Wildman–Crippen MR) is 75.7 cm³/mol. The molecule has 2 aromatic carbocycles. The first-order valence-electron chi connectivity index (χ1n) is 6.02.